The van der Waals surface area contributed by atoms with Gasteiger partial charge >= 0.3 is 0 Å². The van der Waals surface area contributed by atoms with Gasteiger partial charge in [0, 0.05) is 38.3 Å². The summed E-state index contributed by atoms with van der Waals surface area (Å²) >= 11 is 0. The molecule has 0 aromatic heterocycles. The highest BCUT2D eigenvalue weighted by Gasteiger charge is 2.35. The van der Waals surface area contributed by atoms with E-state index in [9.17, 15) is 18.0 Å². The van der Waals surface area contributed by atoms with Crippen LogP contribution in [0.15, 0.2) is 53.4 Å². The summed E-state index contributed by atoms with van der Waals surface area (Å²) in [6.45, 7) is 1.74. The Labute approximate surface area is 194 Å². The van der Waals surface area contributed by atoms with E-state index in [1.165, 1.54) is 17.5 Å². The quantitative estimate of drug-likeness (QED) is 0.670. The van der Waals surface area contributed by atoms with Crippen LogP contribution in [0.1, 0.15) is 31.2 Å². The first-order valence-corrected chi connectivity index (χ1v) is 12.6. The Kier molecular flexibility index (Phi) is 6.99. The van der Waals surface area contributed by atoms with Gasteiger partial charge in [0.15, 0.2) is 0 Å². The van der Waals surface area contributed by atoms with Crippen LogP contribution in [0.3, 0.4) is 0 Å². The van der Waals surface area contributed by atoms with Crippen molar-refractivity contribution in [1.29, 1.82) is 0 Å². The number of nitrogens with zero attached hydrogens (tertiary/aromatic N) is 2. The molecule has 0 spiro atoms. The van der Waals surface area contributed by atoms with Gasteiger partial charge in [-0.2, -0.15) is 4.31 Å². The molecule has 4 rings (SSSR count). The number of ether oxygens (including phenoxy) is 1. The Morgan fingerprint density at radius 1 is 1.09 bits per heavy atom. The zero-order chi connectivity index (χ0) is 23.4. The third-order valence-corrected chi connectivity index (χ3v) is 8.09. The summed E-state index contributed by atoms with van der Waals surface area (Å²) < 4.78 is 33.2. The van der Waals surface area contributed by atoms with Crippen LogP contribution in [0.25, 0.3) is 0 Å². The van der Waals surface area contributed by atoms with Crippen LogP contribution in [-0.4, -0.2) is 56.2 Å². The Morgan fingerprint density at radius 2 is 1.82 bits per heavy atom. The molecule has 2 aliphatic rings. The molecule has 0 aliphatic carbocycles. The van der Waals surface area contributed by atoms with Gasteiger partial charge in [-0.1, -0.05) is 36.8 Å². The second kappa shape index (κ2) is 9.93. The predicted molar refractivity (Wildman–Crippen MR) is 124 cm³/mol. The minimum atomic E-state index is -3.74. The van der Waals surface area contributed by atoms with Gasteiger partial charge < -0.3 is 15.0 Å². The van der Waals surface area contributed by atoms with E-state index in [-0.39, 0.29) is 28.9 Å². The lowest BCUT2D eigenvalue weighted by Gasteiger charge is -2.26. The van der Waals surface area contributed by atoms with Crippen LogP contribution in [0.5, 0.6) is 5.75 Å². The van der Waals surface area contributed by atoms with Gasteiger partial charge in [0.2, 0.25) is 21.8 Å². The maximum absolute atomic E-state index is 13.2. The highest BCUT2D eigenvalue weighted by atomic mass is 32.2. The second-order valence-corrected chi connectivity index (χ2v) is 10.4. The van der Waals surface area contributed by atoms with Gasteiger partial charge in [-0.3, -0.25) is 9.59 Å². The molecule has 2 saturated heterocycles. The molecule has 176 valence electrons. The van der Waals surface area contributed by atoms with Crippen molar-refractivity contribution in [1.82, 2.24) is 9.21 Å². The molecular formula is C24H29N3O5S. The summed E-state index contributed by atoms with van der Waals surface area (Å²) in [5, 5.41) is 2.80. The van der Waals surface area contributed by atoms with Gasteiger partial charge in [-0.25, -0.2) is 8.42 Å². The van der Waals surface area contributed by atoms with Crippen molar-refractivity contribution in [3.8, 4) is 5.75 Å². The summed E-state index contributed by atoms with van der Waals surface area (Å²) in [5.41, 5.74) is 1.37. The number of carbonyl (C=O) groups excluding carboxylic acids is 2. The van der Waals surface area contributed by atoms with E-state index >= 15 is 0 Å². The van der Waals surface area contributed by atoms with Crippen molar-refractivity contribution >= 4 is 27.5 Å². The van der Waals surface area contributed by atoms with E-state index < -0.39 is 15.9 Å². The first kappa shape index (κ1) is 23.3. The molecule has 2 aliphatic heterocycles. The predicted octanol–water partition coefficient (Wildman–Crippen LogP) is 2.86. The molecule has 2 amide bonds. The average molecular weight is 472 g/mol. The number of hydrogen-bond donors (Lipinski definition) is 1. The van der Waals surface area contributed by atoms with Gasteiger partial charge in [-0.05, 0) is 36.6 Å². The number of hydrogen-bond acceptors (Lipinski definition) is 5. The first-order chi connectivity index (χ1) is 15.9. The van der Waals surface area contributed by atoms with Crippen LogP contribution in [-0.2, 0) is 26.2 Å². The number of sulfonamides is 1. The average Bonchev–Trinajstić information content (AvgIpc) is 3.20. The Morgan fingerprint density at radius 3 is 2.52 bits per heavy atom. The number of benzene rings is 2. The lowest BCUT2D eigenvalue weighted by molar-refractivity contribution is -0.128. The van der Waals surface area contributed by atoms with Crippen LogP contribution in [0, 0.1) is 5.92 Å². The van der Waals surface area contributed by atoms with Crippen LogP contribution >= 0.6 is 0 Å². The Balaban J connectivity index is 1.47. The zero-order valence-electron chi connectivity index (χ0n) is 18.7. The molecule has 1 atom stereocenters. The number of nitrogens with one attached hydrogen (secondary N) is 1. The number of piperidine rings is 1. The standard InChI is InChI=1S/C24H29N3O5S/c1-32-21-11-10-20(15-22(21)33(30,31)27-12-6-3-7-13-27)25-24(29)19-14-23(28)26(17-19)16-18-8-4-2-5-9-18/h2,4-5,8-11,15,19H,3,6-7,12-14,16-17H2,1H3,(H,25,29)/t19-/m0/s1. The largest absolute Gasteiger partial charge is 0.495 e. The molecule has 2 fully saturated rings. The number of amides is 2. The fourth-order valence-electron chi connectivity index (χ4n) is 4.35. The molecule has 2 heterocycles. The van der Waals surface area contributed by atoms with Gasteiger partial charge in [0.05, 0.1) is 13.0 Å². The van der Waals surface area contributed by atoms with Crippen LogP contribution < -0.4 is 10.1 Å². The van der Waals surface area contributed by atoms with Crippen LogP contribution in [0.2, 0.25) is 0 Å². The summed E-state index contributed by atoms with van der Waals surface area (Å²) in [5.74, 6) is -0.624. The van der Waals surface area contributed by atoms with E-state index in [0.29, 0.717) is 31.9 Å². The molecule has 9 heteroatoms. The van der Waals surface area contributed by atoms with E-state index in [2.05, 4.69) is 5.32 Å². The summed E-state index contributed by atoms with van der Waals surface area (Å²) in [6, 6.07) is 14.3. The minimum Gasteiger partial charge on any atom is -0.495 e. The van der Waals surface area contributed by atoms with E-state index in [4.69, 9.17) is 4.74 Å². The van der Waals surface area contributed by atoms with Crippen molar-refractivity contribution in [2.24, 2.45) is 5.92 Å². The number of methoxy groups -OCH3 is 1. The fraction of sp³-hybridized carbons (Fsp3) is 0.417. The zero-order valence-corrected chi connectivity index (χ0v) is 19.5. The van der Waals surface area contributed by atoms with Crippen molar-refractivity contribution in [3.05, 3.63) is 54.1 Å². The lowest BCUT2D eigenvalue weighted by Crippen LogP contribution is -2.35. The molecule has 0 unspecified atom stereocenters. The molecule has 0 radical (unpaired) electrons. The normalized spacial score (nSPS) is 19.5. The lowest BCUT2D eigenvalue weighted by atomic mass is 10.1. The second-order valence-electron chi connectivity index (χ2n) is 8.48. The summed E-state index contributed by atoms with van der Waals surface area (Å²) in [6.07, 6.45) is 2.80. The smallest absolute Gasteiger partial charge is 0.246 e. The summed E-state index contributed by atoms with van der Waals surface area (Å²) in [7, 11) is -2.31. The van der Waals surface area contributed by atoms with E-state index in [1.807, 2.05) is 30.3 Å². The maximum Gasteiger partial charge on any atom is 0.246 e. The van der Waals surface area contributed by atoms with Crippen molar-refractivity contribution in [2.45, 2.75) is 37.1 Å². The van der Waals surface area contributed by atoms with Gasteiger partial charge in [0.25, 0.3) is 0 Å². The van der Waals surface area contributed by atoms with E-state index in [0.717, 1.165) is 24.8 Å². The molecule has 0 bridgehead atoms. The third-order valence-electron chi connectivity index (χ3n) is 6.17. The molecule has 8 nitrogen and oxygen atoms in total. The number of rotatable bonds is 7. The van der Waals surface area contributed by atoms with Gasteiger partial charge in [-0.15, -0.1) is 0 Å². The molecule has 2 aromatic carbocycles. The molecular weight excluding hydrogens is 442 g/mol. The number of anilines is 1. The van der Waals surface area contributed by atoms with Crippen LogP contribution in [0.4, 0.5) is 5.69 Å². The molecule has 0 saturated carbocycles. The van der Waals surface area contributed by atoms with Crippen molar-refractivity contribution in [2.75, 3.05) is 32.1 Å². The maximum atomic E-state index is 13.2. The highest BCUT2D eigenvalue weighted by Crippen LogP contribution is 2.31. The third kappa shape index (κ3) is 5.20. The van der Waals surface area contributed by atoms with Gasteiger partial charge in [0.1, 0.15) is 10.6 Å². The van der Waals surface area contributed by atoms with E-state index in [1.54, 1.807) is 17.0 Å². The minimum absolute atomic E-state index is 0.0397. The first-order valence-electron chi connectivity index (χ1n) is 11.2. The summed E-state index contributed by atoms with van der Waals surface area (Å²) in [4.78, 5) is 27.0. The van der Waals surface area contributed by atoms with Crippen molar-refractivity contribution < 1.29 is 22.7 Å². The Bertz CT molecular complexity index is 1110. The molecule has 33 heavy (non-hydrogen) atoms. The highest BCUT2D eigenvalue weighted by molar-refractivity contribution is 7.89. The Hall–Kier alpha value is -2.91. The fourth-order valence-corrected chi connectivity index (χ4v) is 6.05. The number of carbonyl (C=O) groups is 2. The van der Waals surface area contributed by atoms with Crippen molar-refractivity contribution in [3.63, 3.8) is 0 Å². The topological polar surface area (TPSA) is 96.0 Å². The molecule has 2 aromatic rings. The number of likely N-dealkylation sites (tertiary alicyclic amines) is 1. The SMILES string of the molecule is COc1ccc(NC(=O)[C@H]2CC(=O)N(Cc3ccccc3)C2)cc1S(=O)(=O)N1CCCCC1. The molecule has 1 N–H and O–H groups in total. The monoisotopic (exact) mass is 471 g/mol.